The van der Waals surface area contributed by atoms with Crippen LogP contribution in [-0.2, 0) is 11.8 Å². The van der Waals surface area contributed by atoms with Gasteiger partial charge in [-0.1, -0.05) is 12.1 Å². The minimum absolute atomic E-state index is 0.000597. The molecule has 0 saturated heterocycles. The molecule has 1 aliphatic rings. The number of nitrogens with one attached hydrogen (secondary N) is 1. The molecule has 0 aliphatic heterocycles. The molecule has 0 radical (unpaired) electrons. The number of carbonyl (C=O) groups is 1. The van der Waals surface area contributed by atoms with Crippen LogP contribution >= 0.6 is 0 Å². The molecule has 9 nitrogen and oxygen atoms in total. The highest BCUT2D eigenvalue weighted by Crippen LogP contribution is 2.48. The summed E-state index contributed by atoms with van der Waals surface area (Å²) >= 11 is 0. The third-order valence-corrected chi connectivity index (χ3v) is 5.67. The Balaban J connectivity index is 1.31. The van der Waals surface area contributed by atoms with Gasteiger partial charge in [-0.05, 0) is 44.0 Å². The number of carbonyl (C=O) groups excluding carboxylic acids is 1. The number of rotatable bonds is 6. The standard InChI is InChI=1S/C23H24N6O3/c1-14(24)9-16-11-21(26-13-25-16)31-17-3-4-18-15(10-17)5-8-29(18)22(30)27-20-12-19(32-28-20)23(2)6-7-23/h3-5,8,10-14H,6-7,9,24H2,1-2H3,(H,27,28,30). The lowest BCUT2D eigenvalue weighted by atomic mass is 10.1. The molecule has 1 atom stereocenters. The Morgan fingerprint density at radius 2 is 2.12 bits per heavy atom. The molecule has 0 bridgehead atoms. The zero-order valence-corrected chi connectivity index (χ0v) is 17.9. The summed E-state index contributed by atoms with van der Waals surface area (Å²) < 4.78 is 12.8. The van der Waals surface area contributed by atoms with E-state index in [1.54, 1.807) is 24.4 Å². The van der Waals surface area contributed by atoms with Crippen molar-refractivity contribution < 1.29 is 14.1 Å². The zero-order chi connectivity index (χ0) is 22.3. The molecule has 1 unspecified atom stereocenters. The van der Waals surface area contributed by atoms with E-state index in [0.29, 0.717) is 23.9 Å². The second-order valence-corrected chi connectivity index (χ2v) is 8.60. The Labute approximate surface area is 184 Å². The second kappa shape index (κ2) is 7.76. The number of amides is 1. The van der Waals surface area contributed by atoms with Crippen molar-refractivity contribution in [3.05, 3.63) is 60.4 Å². The minimum atomic E-state index is -0.314. The van der Waals surface area contributed by atoms with Crippen molar-refractivity contribution in [1.29, 1.82) is 0 Å². The van der Waals surface area contributed by atoms with Gasteiger partial charge in [-0.25, -0.2) is 14.8 Å². The smallest absolute Gasteiger partial charge is 0.331 e. The van der Waals surface area contributed by atoms with Crippen molar-refractivity contribution in [2.45, 2.75) is 44.6 Å². The molecule has 1 fully saturated rings. The Bertz CT molecular complexity index is 1290. The number of hydrogen-bond donors (Lipinski definition) is 2. The largest absolute Gasteiger partial charge is 0.439 e. The predicted octanol–water partition coefficient (Wildman–Crippen LogP) is 4.23. The van der Waals surface area contributed by atoms with E-state index in [9.17, 15) is 4.79 Å². The zero-order valence-electron chi connectivity index (χ0n) is 17.9. The Morgan fingerprint density at radius 1 is 1.28 bits per heavy atom. The van der Waals surface area contributed by atoms with Crippen LogP contribution in [0, 0.1) is 0 Å². The van der Waals surface area contributed by atoms with Crippen LogP contribution in [0.25, 0.3) is 10.9 Å². The number of nitrogens with two attached hydrogens (primary N) is 1. The van der Waals surface area contributed by atoms with Crippen molar-refractivity contribution in [2.24, 2.45) is 5.73 Å². The number of nitrogens with zero attached hydrogens (tertiary/aromatic N) is 4. The van der Waals surface area contributed by atoms with Crippen LogP contribution in [0.3, 0.4) is 0 Å². The molecule has 3 aromatic heterocycles. The van der Waals surface area contributed by atoms with Crippen LogP contribution in [-0.4, -0.2) is 31.8 Å². The first-order valence-electron chi connectivity index (χ1n) is 10.5. The molecule has 4 aromatic rings. The first-order valence-corrected chi connectivity index (χ1v) is 10.5. The Hall–Kier alpha value is -3.72. The van der Waals surface area contributed by atoms with Gasteiger partial charge in [-0.3, -0.25) is 9.88 Å². The summed E-state index contributed by atoms with van der Waals surface area (Å²) in [5.41, 5.74) is 7.46. The minimum Gasteiger partial charge on any atom is -0.439 e. The van der Waals surface area contributed by atoms with E-state index in [2.05, 4.69) is 27.4 Å². The van der Waals surface area contributed by atoms with Gasteiger partial charge in [0, 0.05) is 47.3 Å². The summed E-state index contributed by atoms with van der Waals surface area (Å²) in [6.07, 6.45) is 5.96. The van der Waals surface area contributed by atoms with Gasteiger partial charge < -0.3 is 15.0 Å². The topological polar surface area (TPSA) is 121 Å². The van der Waals surface area contributed by atoms with Crippen molar-refractivity contribution in [2.75, 3.05) is 5.32 Å². The van der Waals surface area contributed by atoms with E-state index in [4.69, 9.17) is 15.0 Å². The lowest BCUT2D eigenvalue weighted by molar-refractivity contribution is 0.254. The number of aromatic nitrogens is 4. The van der Waals surface area contributed by atoms with Crippen LogP contribution in [0.2, 0.25) is 0 Å². The van der Waals surface area contributed by atoms with Gasteiger partial charge >= 0.3 is 6.03 Å². The number of ether oxygens (including phenoxy) is 1. The maximum absolute atomic E-state index is 12.8. The normalized spacial score (nSPS) is 15.5. The first-order chi connectivity index (χ1) is 15.4. The fourth-order valence-corrected chi connectivity index (χ4v) is 3.58. The summed E-state index contributed by atoms with van der Waals surface area (Å²) in [5, 5.41) is 7.63. The average molecular weight is 432 g/mol. The van der Waals surface area contributed by atoms with Crippen molar-refractivity contribution in [3.8, 4) is 11.6 Å². The van der Waals surface area contributed by atoms with E-state index < -0.39 is 0 Å². The molecular weight excluding hydrogens is 408 g/mol. The van der Waals surface area contributed by atoms with Crippen LogP contribution in [0.4, 0.5) is 10.6 Å². The molecular formula is C23H24N6O3. The van der Waals surface area contributed by atoms with E-state index in [1.165, 1.54) is 10.9 Å². The molecule has 1 saturated carbocycles. The summed E-state index contributed by atoms with van der Waals surface area (Å²) in [4.78, 5) is 21.2. The molecule has 0 spiro atoms. The fraction of sp³-hybridized carbons (Fsp3) is 0.304. The number of anilines is 1. The van der Waals surface area contributed by atoms with E-state index in [0.717, 1.165) is 35.2 Å². The highest BCUT2D eigenvalue weighted by molar-refractivity contribution is 5.98. The van der Waals surface area contributed by atoms with Crippen LogP contribution < -0.4 is 15.8 Å². The van der Waals surface area contributed by atoms with Crippen LogP contribution in [0.5, 0.6) is 11.6 Å². The molecule has 1 amide bonds. The number of fused-ring (bicyclic) bond motifs is 1. The Morgan fingerprint density at radius 3 is 2.91 bits per heavy atom. The summed E-state index contributed by atoms with van der Waals surface area (Å²) in [6, 6.07) is 10.6. The van der Waals surface area contributed by atoms with E-state index in [-0.39, 0.29) is 17.5 Å². The maximum Gasteiger partial charge on any atom is 0.331 e. The molecule has 3 heterocycles. The van der Waals surface area contributed by atoms with Gasteiger partial charge in [-0.2, -0.15) is 0 Å². The highest BCUT2D eigenvalue weighted by Gasteiger charge is 2.43. The van der Waals surface area contributed by atoms with Gasteiger partial charge in [0.2, 0.25) is 5.88 Å². The fourth-order valence-electron chi connectivity index (χ4n) is 3.58. The van der Waals surface area contributed by atoms with Crippen molar-refractivity contribution in [1.82, 2.24) is 19.7 Å². The average Bonchev–Trinajstić information content (AvgIpc) is 3.14. The van der Waals surface area contributed by atoms with Gasteiger partial charge in [0.1, 0.15) is 17.8 Å². The van der Waals surface area contributed by atoms with Gasteiger partial charge in [-0.15, -0.1) is 0 Å². The lowest BCUT2D eigenvalue weighted by Gasteiger charge is -2.08. The molecule has 5 rings (SSSR count). The van der Waals surface area contributed by atoms with E-state index in [1.807, 2.05) is 25.1 Å². The number of hydrogen-bond acceptors (Lipinski definition) is 7. The predicted molar refractivity (Wildman–Crippen MR) is 119 cm³/mol. The second-order valence-electron chi connectivity index (χ2n) is 8.60. The van der Waals surface area contributed by atoms with Crippen molar-refractivity contribution >= 4 is 22.8 Å². The van der Waals surface area contributed by atoms with Crippen LogP contribution in [0.1, 0.15) is 38.1 Å². The quantitative estimate of drug-likeness (QED) is 0.467. The molecule has 3 N–H and O–H groups in total. The number of benzene rings is 1. The Kier molecular flexibility index (Phi) is 4.90. The van der Waals surface area contributed by atoms with Gasteiger partial charge in [0.25, 0.3) is 0 Å². The molecule has 1 aliphatic carbocycles. The van der Waals surface area contributed by atoms with E-state index >= 15 is 0 Å². The third kappa shape index (κ3) is 4.06. The van der Waals surface area contributed by atoms with Crippen molar-refractivity contribution in [3.63, 3.8) is 0 Å². The molecule has 9 heteroatoms. The summed E-state index contributed by atoms with van der Waals surface area (Å²) in [7, 11) is 0. The highest BCUT2D eigenvalue weighted by atomic mass is 16.5. The van der Waals surface area contributed by atoms with Gasteiger partial charge in [0.05, 0.1) is 5.52 Å². The third-order valence-electron chi connectivity index (χ3n) is 5.67. The molecule has 164 valence electrons. The summed E-state index contributed by atoms with van der Waals surface area (Å²) in [5.74, 6) is 2.27. The summed E-state index contributed by atoms with van der Waals surface area (Å²) in [6.45, 7) is 4.05. The SMILES string of the molecule is CC(N)Cc1cc(Oc2ccc3c(ccn3C(=O)Nc3cc(C4(C)CC4)on3)c2)ncn1. The molecule has 32 heavy (non-hydrogen) atoms. The first kappa shape index (κ1) is 20.2. The maximum atomic E-state index is 12.8. The monoisotopic (exact) mass is 432 g/mol. The molecule has 1 aromatic carbocycles. The lowest BCUT2D eigenvalue weighted by Crippen LogP contribution is -2.18. The van der Waals surface area contributed by atoms with Gasteiger partial charge in [0.15, 0.2) is 5.82 Å². The van der Waals surface area contributed by atoms with Crippen LogP contribution in [0.15, 0.2) is 53.4 Å².